The van der Waals surface area contributed by atoms with Crippen LogP contribution in [0.4, 0.5) is 5.82 Å². The molecule has 0 saturated carbocycles. The van der Waals surface area contributed by atoms with Crippen LogP contribution in [-0.2, 0) is 14.2 Å². The molecule has 2 amide bonds. The molecule has 3 aliphatic rings. The number of nitrogens with zero attached hydrogens (tertiary/aromatic N) is 5. The third kappa shape index (κ3) is 3.73. The lowest BCUT2D eigenvalue weighted by molar-refractivity contribution is -0.195. The van der Waals surface area contributed by atoms with Gasteiger partial charge < -0.3 is 25.3 Å². The highest BCUT2D eigenvalue weighted by Crippen LogP contribution is 2.43. The monoisotopic (exact) mass is 493 g/mol. The maximum absolute atomic E-state index is 12.5. The molecular formula is C24H27N7O5. The van der Waals surface area contributed by atoms with Crippen LogP contribution in [0.3, 0.4) is 0 Å². The van der Waals surface area contributed by atoms with E-state index in [2.05, 4.69) is 20.3 Å². The van der Waals surface area contributed by atoms with Gasteiger partial charge >= 0.3 is 0 Å². The fourth-order valence-corrected chi connectivity index (χ4v) is 5.15. The number of hydrogen-bond donors (Lipinski definition) is 2. The van der Waals surface area contributed by atoms with Crippen molar-refractivity contribution in [3.8, 4) is 0 Å². The Hall–Kier alpha value is -3.45. The van der Waals surface area contributed by atoms with E-state index in [9.17, 15) is 9.59 Å². The van der Waals surface area contributed by atoms with Crippen LogP contribution in [0, 0.1) is 0 Å². The van der Waals surface area contributed by atoms with E-state index in [0.29, 0.717) is 54.2 Å². The predicted octanol–water partition coefficient (Wildman–Crippen LogP) is 1.10. The number of nitrogens with two attached hydrogens (primary N) is 1. The number of carbonyl (C=O) groups excluding carboxylic acids is 2. The standard InChI is InChI=1S/C24H27N7O5/c1-24(2)35-17-15(10-26-8-5-9-30-21(32)13-6-3-4-7-14(13)22(30)33)34-23(18(17)36-24)31-12-29-16-19(25)27-11-28-20(16)31/h3-4,6-7,11-12,15,17-18,23,26H,5,8-10H2,1-2H3,(H2,25,27,28)/t15-,17-,18?,23-/m1/s1. The van der Waals surface area contributed by atoms with Gasteiger partial charge in [-0.1, -0.05) is 12.1 Å². The average molecular weight is 494 g/mol. The van der Waals surface area contributed by atoms with E-state index >= 15 is 0 Å². The smallest absolute Gasteiger partial charge is 0.261 e. The number of imidazole rings is 1. The number of benzene rings is 1. The van der Waals surface area contributed by atoms with E-state index in [1.54, 1.807) is 35.2 Å². The molecule has 4 atom stereocenters. The summed E-state index contributed by atoms with van der Waals surface area (Å²) >= 11 is 0. The molecule has 1 aromatic carbocycles. The highest BCUT2D eigenvalue weighted by molar-refractivity contribution is 6.21. The summed E-state index contributed by atoms with van der Waals surface area (Å²) < 4.78 is 20.5. The van der Waals surface area contributed by atoms with Crippen LogP contribution in [0.5, 0.6) is 0 Å². The molecule has 3 aliphatic heterocycles. The van der Waals surface area contributed by atoms with E-state index in [-0.39, 0.29) is 30.1 Å². The minimum absolute atomic E-state index is 0.240. The molecular weight excluding hydrogens is 466 g/mol. The summed E-state index contributed by atoms with van der Waals surface area (Å²) in [6, 6.07) is 6.91. The molecule has 0 bridgehead atoms. The zero-order valence-electron chi connectivity index (χ0n) is 20.0. The maximum Gasteiger partial charge on any atom is 0.261 e. The van der Waals surface area contributed by atoms with Gasteiger partial charge in [0.05, 0.1) is 17.5 Å². The van der Waals surface area contributed by atoms with Crippen LogP contribution in [0.15, 0.2) is 36.9 Å². The summed E-state index contributed by atoms with van der Waals surface area (Å²) in [5.74, 6) is -0.938. The molecule has 2 aromatic heterocycles. The van der Waals surface area contributed by atoms with Gasteiger partial charge in [-0.05, 0) is 38.9 Å². The largest absolute Gasteiger partial charge is 0.382 e. The van der Waals surface area contributed by atoms with Gasteiger partial charge in [-0.25, -0.2) is 15.0 Å². The zero-order valence-corrected chi connectivity index (χ0v) is 20.0. The Morgan fingerprint density at radius 1 is 1.06 bits per heavy atom. The summed E-state index contributed by atoms with van der Waals surface area (Å²) in [6.07, 6.45) is 2.18. The van der Waals surface area contributed by atoms with Crippen LogP contribution < -0.4 is 11.1 Å². The van der Waals surface area contributed by atoms with Crippen molar-refractivity contribution >= 4 is 28.8 Å². The van der Waals surface area contributed by atoms with Gasteiger partial charge in [0, 0.05) is 13.1 Å². The number of nitrogens with one attached hydrogen (secondary N) is 1. The van der Waals surface area contributed by atoms with Crippen molar-refractivity contribution in [1.29, 1.82) is 0 Å². The second-order valence-corrected chi connectivity index (χ2v) is 9.58. The minimum atomic E-state index is -0.758. The van der Waals surface area contributed by atoms with Gasteiger partial charge in [0.1, 0.15) is 30.2 Å². The van der Waals surface area contributed by atoms with Gasteiger partial charge in [-0.15, -0.1) is 0 Å². The Morgan fingerprint density at radius 2 is 1.78 bits per heavy atom. The molecule has 3 aromatic rings. The fraction of sp³-hybridized carbons (Fsp3) is 0.458. The lowest BCUT2D eigenvalue weighted by Gasteiger charge is -2.25. The van der Waals surface area contributed by atoms with E-state index < -0.39 is 12.0 Å². The number of nitrogen functional groups attached to an aromatic ring is 1. The second-order valence-electron chi connectivity index (χ2n) is 9.58. The molecule has 6 rings (SSSR count). The summed E-state index contributed by atoms with van der Waals surface area (Å²) in [6.45, 7) is 5.19. The molecule has 0 aliphatic carbocycles. The number of fused-ring (bicyclic) bond motifs is 3. The van der Waals surface area contributed by atoms with E-state index in [1.807, 2.05) is 13.8 Å². The molecule has 0 spiro atoms. The second kappa shape index (κ2) is 8.59. The normalized spacial score (nSPS) is 26.7. The molecule has 3 N–H and O–H groups in total. The number of aromatic nitrogens is 4. The number of ether oxygens (including phenoxy) is 3. The van der Waals surface area contributed by atoms with Gasteiger partial charge in [0.25, 0.3) is 11.8 Å². The Morgan fingerprint density at radius 3 is 2.53 bits per heavy atom. The van der Waals surface area contributed by atoms with Crippen molar-refractivity contribution in [2.75, 3.05) is 25.4 Å². The molecule has 1 unspecified atom stereocenters. The van der Waals surface area contributed by atoms with Crippen molar-refractivity contribution in [2.45, 2.75) is 50.6 Å². The Bertz CT molecular complexity index is 1310. The molecule has 36 heavy (non-hydrogen) atoms. The van der Waals surface area contributed by atoms with Crippen molar-refractivity contribution in [3.63, 3.8) is 0 Å². The number of anilines is 1. The lowest BCUT2D eigenvalue weighted by atomic mass is 10.1. The molecule has 2 saturated heterocycles. The van der Waals surface area contributed by atoms with E-state index in [0.717, 1.165) is 0 Å². The van der Waals surface area contributed by atoms with E-state index in [1.165, 1.54) is 11.2 Å². The third-order valence-electron chi connectivity index (χ3n) is 6.75. The van der Waals surface area contributed by atoms with Crippen LogP contribution in [0.1, 0.15) is 47.2 Å². The summed E-state index contributed by atoms with van der Waals surface area (Å²) in [4.78, 5) is 39.1. The first-order chi connectivity index (χ1) is 17.3. The van der Waals surface area contributed by atoms with Crippen molar-refractivity contribution in [2.24, 2.45) is 0 Å². The molecule has 5 heterocycles. The molecule has 12 heteroatoms. The first-order valence-corrected chi connectivity index (χ1v) is 11.9. The van der Waals surface area contributed by atoms with Crippen LogP contribution >= 0.6 is 0 Å². The molecule has 188 valence electrons. The first kappa shape index (κ1) is 23.0. The third-order valence-corrected chi connectivity index (χ3v) is 6.75. The Labute approximate surface area is 206 Å². The van der Waals surface area contributed by atoms with Gasteiger partial charge in [-0.2, -0.15) is 0 Å². The molecule has 0 radical (unpaired) electrons. The maximum atomic E-state index is 12.5. The SMILES string of the molecule is CC1(C)OC2[C@H](n3cnc4c(N)ncnc43)O[C@H](CNCCCN3C(=O)c4ccccc4C3=O)[C@H]2O1. The van der Waals surface area contributed by atoms with Crippen molar-refractivity contribution in [3.05, 3.63) is 48.0 Å². The summed E-state index contributed by atoms with van der Waals surface area (Å²) in [5, 5.41) is 3.37. The number of hydrogen-bond acceptors (Lipinski definition) is 10. The van der Waals surface area contributed by atoms with Crippen molar-refractivity contribution < 1.29 is 23.8 Å². The number of rotatable bonds is 7. The van der Waals surface area contributed by atoms with Crippen LogP contribution in [-0.4, -0.2) is 80.0 Å². The summed E-state index contributed by atoms with van der Waals surface area (Å²) in [7, 11) is 0. The summed E-state index contributed by atoms with van der Waals surface area (Å²) in [5.41, 5.74) is 7.95. The fourth-order valence-electron chi connectivity index (χ4n) is 5.15. The van der Waals surface area contributed by atoms with Gasteiger partial charge in [-0.3, -0.25) is 19.1 Å². The van der Waals surface area contributed by atoms with Crippen LogP contribution in [0.25, 0.3) is 11.2 Å². The average Bonchev–Trinajstić information content (AvgIpc) is 3.57. The zero-order chi connectivity index (χ0) is 25.0. The lowest BCUT2D eigenvalue weighted by Crippen LogP contribution is -2.39. The molecule has 12 nitrogen and oxygen atoms in total. The first-order valence-electron chi connectivity index (χ1n) is 11.9. The number of carbonyl (C=O) groups is 2. The number of amides is 2. The highest BCUT2D eigenvalue weighted by atomic mass is 16.8. The Kier molecular flexibility index (Phi) is 5.48. The van der Waals surface area contributed by atoms with Gasteiger partial charge in [0.2, 0.25) is 0 Å². The van der Waals surface area contributed by atoms with E-state index in [4.69, 9.17) is 19.9 Å². The highest BCUT2D eigenvalue weighted by Gasteiger charge is 2.56. The number of imide groups is 1. The van der Waals surface area contributed by atoms with Crippen LogP contribution in [0.2, 0.25) is 0 Å². The Balaban J connectivity index is 1.09. The van der Waals surface area contributed by atoms with Crippen molar-refractivity contribution in [1.82, 2.24) is 29.7 Å². The minimum Gasteiger partial charge on any atom is -0.382 e. The topological polar surface area (TPSA) is 147 Å². The quantitative estimate of drug-likeness (QED) is 0.362. The molecule has 2 fully saturated rings. The predicted molar refractivity (Wildman–Crippen MR) is 127 cm³/mol. The van der Waals surface area contributed by atoms with Gasteiger partial charge in [0.15, 0.2) is 23.5 Å².